The van der Waals surface area contributed by atoms with Gasteiger partial charge in [-0.1, -0.05) is 30.3 Å². The number of hydrogen-bond acceptors (Lipinski definition) is 4. The van der Waals surface area contributed by atoms with Crippen molar-refractivity contribution in [2.75, 3.05) is 0 Å². The lowest BCUT2D eigenvalue weighted by molar-refractivity contribution is -0.137. The van der Waals surface area contributed by atoms with Crippen molar-refractivity contribution in [3.05, 3.63) is 113 Å². The summed E-state index contributed by atoms with van der Waals surface area (Å²) in [5, 5.41) is 8.31. The molecule has 3 aromatic carbocycles. The molecule has 6 nitrogen and oxygen atoms in total. The molecule has 2 fully saturated rings. The topological polar surface area (TPSA) is 72.7 Å². The van der Waals surface area contributed by atoms with Gasteiger partial charge >= 0.3 is 6.18 Å². The van der Waals surface area contributed by atoms with E-state index in [0.29, 0.717) is 18.4 Å². The largest absolute Gasteiger partial charge is 0.416 e. The van der Waals surface area contributed by atoms with Gasteiger partial charge in [-0.25, -0.2) is 9.97 Å². The molecule has 9 heteroatoms. The van der Waals surface area contributed by atoms with Crippen LogP contribution in [-0.2, 0) is 12.6 Å². The summed E-state index contributed by atoms with van der Waals surface area (Å²) in [7, 11) is 0. The first-order valence-electron chi connectivity index (χ1n) is 14.6. The van der Waals surface area contributed by atoms with Crippen molar-refractivity contribution >= 4 is 16.8 Å². The Morgan fingerprint density at radius 1 is 1.02 bits per heavy atom. The lowest BCUT2D eigenvalue weighted by atomic mass is 9.92. The maximum atomic E-state index is 13.2. The van der Waals surface area contributed by atoms with Crippen molar-refractivity contribution in [2.45, 2.75) is 63.2 Å². The van der Waals surface area contributed by atoms with E-state index in [4.69, 9.17) is 4.98 Å². The summed E-state index contributed by atoms with van der Waals surface area (Å²) >= 11 is 0. The number of carbonyl (C=O) groups is 1. The molecule has 0 bridgehead atoms. The van der Waals surface area contributed by atoms with Crippen molar-refractivity contribution in [1.82, 2.24) is 25.1 Å². The average molecular weight is 582 g/mol. The summed E-state index contributed by atoms with van der Waals surface area (Å²) in [6, 6.07) is 17.0. The molecule has 218 valence electrons. The van der Waals surface area contributed by atoms with E-state index >= 15 is 0 Å². The number of nitrogens with zero attached hydrogens (tertiary/aromatic N) is 4. The van der Waals surface area contributed by atoms with Crippen LogP contribution in [0.3, 0.4) is 0 Å². The van der Waals surface area contributed by atoms with Gasteiger partial charge in [-0.2, -0.15) is 18.3 Å². The Bertz CT molecular complexity index is 1840. The highest BCUT2D eigenvalue weighted by molar-refractivity contribution is 5.94. The Labute approximate surface area is 247 Å². The summed E-state index contributed by atoms with van der Waals surface area (Å²) in [4.78, 5) is 22.4. The molecule has 2 aromatic heterocycles. The zero-order valence-corrected chi connectivity index (χ0v) is 23.6. The summed E-state index contributed by atoms with van der Waals surface area (Å²) in [5.41, 5.74) is 5.30. The van der Waals surface area contributed by atoms with Crippen LogP contribution in [0.2, 0.25) is 0 Å². The standard InChI is InChI=1S/C34H30F3N5O/c1-20(40-33(43)25-3-2-4-27(14-25)34(35,36)37)23-9-12-29(22-5-6-22)30(15-23)24-7-8-26-18-38-32(41-31(26)16-24)13-21-17-39-42(19-21)28-10-11-28/h2-4,7-9,12,14-20,22,28H,5-6,10-11,13H2,1H3,(H,40,43)/t20-/m0/s1. The summed E-state index contributed by atoms with van der Waals surface area (Å²) < 4.78 is 41.6. The lowest BCUT2D eigenvalue weighted by Crippen LogP contribution is -2.27. The molecule has 1 amide bonds. The van der Waals surface area contributed by atoms with Gasteiger partial charge in [-0.15, -0.1) is 0 Å². The number of amides is 1. The van der Waals surface area contributed by atoms with Crippen molar-refractivity contribution in [3.63, 3.8) is 0 Å². The fourth-order valence-electron chi connectivity index (χ4n) is 5.55. The molecule has 2 saturated carbocycles. The second-order valence-electron chi connectivity index (χ2n) is 11.7. The van der Waals surface area contributed by atoms with Gasteiger partial charge in [0.2, 0.25) is 0 Å². The molecule has 7 rings (SSSR count). The van der Waals surface area contributed by atoms with E-state index in [-0.39, 0.29) is 5.56 Å². The highest BCUT2D eigenvalue weighted by Crippen LogP contribution is 2.45. The molecule has 0 unspecified atom stereocenters. The van der Waals surface area contributed by atoms with Crippen LogP contribution in [0.1, 0.15) is 89.0 Å². The highest BCUT2D eigenvalue weighted by Gasteiger charge is 2.31. The SMILES string of the molecule is C[C@H](NC(=O)c1cccc(C(F)(F)F)c1)c1ccc(C2CC2)c(-c2ccc3cnc(Cc4cnn(C5CC5)c4)nc3c2)c1. The van der Waals surface area contributed by atoms with E-state index in [2.05, 4.69) is 45.9 Å². The molecule has 2 heterocycles. The zero-order chi connectivity index (χ0) is 29.7. The first-order valence-corrected chi connectivity index (χ1v) is 14.6. The minimum absolute atomic E-state index is 0.0265. The molecule has 1 N–H and O–H groups in total. The van der Waals surface area contributed by atoms with Gasteiger partial charge in [0.1, 0.15) is 5.82 Å². The van der Waals surface area contributed by atoms with Crippen LogP contribution in [0.25, 0.3) is 22.0 Å². The molecule has 43 heavy (non-hydrogen) atoms. The Balaban J connectivity index is 1.15. The first-order chi connectivity index (χ1) is 20.7. The number of halogens is 3. The van der Waals surface area contributed by atoms with Crippen LogP contribution < -0.4 is 5.32 Å². The van der Waals surface area contributed by atoms with Gasteiger partial charge in [0.25, 0.3) is 5.91 Å². The Kier molecular flexibility index (Phi) is 6.75. The van der Waals surface area contributed by atoms with Crippen LogP contribution >= 0.6 is 0 Å². The molecular formula is C34H30F3N5O. The van der Waals surface area contributed by atoms with E-state index in [1.165, 1.54) is 30.5 Å². The van der Waals surface area contributed by atoms with E-state index in [1.807, 2.05) is 36.1 Å². The predicted octanol–water partition coefficient (Wildman–Crippen LogP) is 7.81. The maximum absolute atomic E-state index is 13.2. The van der Waals surface area contributed by atoms with Gasteiger partial charge in [-0.05, 0) is 96.7 Å². The number of benzene rings is 3. The van der Waals surface area contributed by atoms with Gasteiger partial charge in [-0.3, -0.25) is 9.48 Å². The van der Waals surface area contributed by atoms with E-state index in [9.17, 15) is 18.0 Å². The normalized spacial score (nSPS) is 15.9. The Morgan fingerprint density at radius 3 is 2.63 bits per heavy atom. The van der Waals surface area contributed by atoms with E-state index in [1.54, 1.807) is 0 Å². The van der Waals surface area contributed by atoms with Crippen LogP contribution in [0.5, 0.6) is 0 Å². The van der Waals surface area contributed by atoms with Crippen molar-refractivity contribution in [3.8, 4) is 11.1 Å². The quantitative estimate of drug-likeness (QED) is 0.203. The van der Waals surface area contributed by atoms with Gasteiger partial charge in [0, 0.05) is 29.8 Å². The number of nitrogens with one attached hydrogen (secondary N) is 1. The van der Waals surface area contributed by atoms with Crippen LogP contribution in [0.15, 0.2) is 79.3 Å². The second-order valence-corrected chi connectivity index (χ2v) is 11.7. The fourth-order valence-corrected chi connectivity index (χ4v) is 5.55. The van der Waals surface area contributed by atoms with Crippen LogP contribution in [0, 0.1) is 0 Å². The molecular weight excluding hydrogens is 551 g/mol. The molecule has 0 aliphatic heterocycles. The van der Waals surface area contributed by atoms with Crippen LogP contribution in [-0.4, -0.2) is 25.7 Å². The van der Waals surface area contributed by atoms with Gasteiger partial charge in [0.15, 0.2) is 0 Å². The first kappa shape index (κ1) is 27.3. The summed E-state index contributed by atoms with van der Waals surface area (Å²) in [6.45, 7) is 1.84. The average Bonchev–Trinajstić information content (AvgIpc) is 3.95. The van der Waals surface area contributed by atoms with Crippen molar-refractivity contribution < 1.29 is 18.0 Å². The summed E-state index contributed by atoms with van der Waals surface area (Å²) in [5.74, 6) is 0.671. The molecule has 1 atom stereocenters. The minimum atomic E-state index is -4.51. The highest BCUT2D eigenvalue weighted by atomic mass is 19.4. The van der Waals surface area contributed by atoms with Gasteiger partial charge in [0.05, 0.1) is 29.4 Å². The third kappa shape index (κ3) is 5.89. The number of hydrogen-bond donors (Lipinski definition) is 1. The third-order valence-corrected chi connectivity index (χ3v) is 8.28. The molecule has 0 spiro atoms. The van der Waals surface area contributed by atoms with Crippen molar-refractivity contribution in [1.29, 1.82) is 0 Å². The zero-order valence-electron chi connectivity index (χ0n) is 23.6. The van der Waals surface area contributed by atoms with Crippen LogP contribution in [0.4, 0.5) is 13.2 Å². The molecule has 2 aliphatic carbocycles. The number of carbonyl (C=O) groups excluding carboxylic acids is 1. The molecule has 5 aromatic rings. The number of fused-ring (bicyclic) bond motifs is 1. The maximum Gasteiger partial charge on any atom is 0.416 e. The molecule has 0 saturated heterocycles. The molecule has 0 radical (unpaired) electrons. The number of rotatable bonds is 8. The Morgan fingerprint density at radius 2 is 1.86 bits per heavy atom. The van der Waals surface area contributed by atoms with E-state index in [0.717, 1.165) is 64.0 Å². The van der Waals surface area contributed by atoms with E-state index < -0.39 is 23.7 Å². The fraction of sp³-hybridized carbons (Fsp3) is 0.294. The second kappa shape index (κ2) is 10.6. The smallest absolute Gasteiger partial charge is 0.346 e. The number of alkyl halides is 3. The van der Waals surface area contributed by atoms with Gasteiger partial charge < -0.3 is 5.32 Å². The Hall–Kier alpha value is -4.53. The molecule has 2 aliphatic rings. The monoisotopic (exact) mass is 581 g/mol. The minimum Gasteiger partial charge on any atom is -0.346 e. The third-order valence-electron chi connectivity index (χ3n) is 8.28. The number of aromatic nitrogens is 4. The van der Waals surface area contributed by atoms with Crippen molar-refractivity contribution in [2.24, 2.45) is 0 Å². The predicted molar refractivity (Wildman–Crippen MR) is 158 cm³/mol. The lowest BCUT2D eigenvalue weighted by Gasteiger charge is -2.18. The summed E-state index contributed by atoms with van der Waals surface area (Å²) in [6.07, 6.45) is 6.55.